The van der Waals surface area contributed by atoms with E-state index >= 15 is 0 Å². The van der Waals surface area contributed by atoms with E-state index in [0.29, 0.717) is 28.4 Å². The molecule has 32 heavy (non-hydrogen) atoms. The molecule has 0 aliphatic carbocycles. The van der Waals surface area contributed by atoms with E-state index in [1.54, 1.807) is 19.2 Å². The summed E-state index contributed by atoms with van der Waals surface area (Å²) in [5, 5.41) is 0.596. The SMILES string of the molecule is CCCCCCCCCCn1c(SCC(=O)c2ccccc2)nc2c1c(=O)[nH]c(=O)n2C. The number of aromatic nitrogens is 4. The van der Waals surface area contributed by atoms with E-state index in [1.807, 2.05) is 22.8 Å². The van der Waals surface area contributed by atoms with Crippen LogP contribution < -0.4 is 11.2 Å². The smallest absolute Gasteiger partial charge is 0.313 e. The predicted molar refractivity (Wildman–Crippen MR) is 130 cm³/mol. The molecule has 0 aliphatic heterocycles. The predicted octanol–water partition coefficient (Wildman–Crippen LogP) is 4.54. The van der Waals surface area contributed by atoms with Gasteiger partial charge in [0.1, 0.15) is 0 Å². The Hall–Kier alpha value is -2.61. The van der Waals surface area contributed by atoms with Crippen LogP contribution in [0.15, 0.2) is 45.1 Å². The summed E-state index contributed by atoms with van der Waals surface area (Å²) in [4.78, 5) is 44.1. The Labute approximate surface area is 192 Å². The fourth-order valence-corrected chi connectivity index (χ4v) is 4.69. The zero-order valence-electron chi connectivity index (χ0n) is 18.9. The van der Waals surface area contributed by atoms with E-state index in [-0.39, 0.29) is 11.5 Å². The number of benzene rings is 1. The molecule has 0 saturated carbocycles. The molecule has 3 rings (SSSR count). The van der Waals surface area contributed by atoms with Crippen LogP contribution in [0, 0.1) is 0 Å². The summed E-state index contributed by atoms with van der Waals surface area (Å²) < 4.78 is 3.22. The van der Waals surface area contributed by atoms with E-state index in [1.165, 1.54) is 54.9 Å². The number of fused-ring (bicyclic) bond motifs is 1. The van der Waals surface area contributed by atoms with E-state index in [2.05, 4.69) is 16.9 Å². The van der Waals surface area contributed by atoms with E-state index < -0.39 is 11.2 Å². The molecule has 0 aliphatic rings. The van der Waals surface area contributed by atoms with Crippen LogP contribution in [0.25, 0.3) is 11.2 Å². The van der Waals surface area contributed by atoms with Crippen molar-refractivity contribution in [3.8, 4) is 0 Å². The summed E-state index contributed by atoms with van der Waals surface area (Å²) in [6, 6.07) is 9.14. The lowest BCUT2D eigenvalue weighted by molar-refractivity contribution is 0.102. The molecule has 0 radical (unpaired) electrons. The third-order valence-corrected chi connectivity index (χ3v) is 6.61. The van der Waals surface area contributed by atoms with Crippen molar-refractivity contribution in [2.45, 2.75) is 70.0 Å². The minimum atomic E-state index is -0.490. The van der Waals surface area contributed by atoms with Gasteiger partial charge < -0.3 is 4.57 Å². The van der Waals surface area contributed by atoms with Crippen molar-refractivity contribution >= 4 is 28.7 Å². The summed E-state index contributed by atoms with van der Waals surface area (Å²) >= 11 is 1.31. The maximum Gasteiger partial charge on any atom is 0.329 e. The monoisotopic (exact) mass is 456 g/mol. The molecule has 8 heteroatoms. The van der Waals surface area contributed by atoms with Gasteiger partial charge in [-0.3, -0.25) is 19.1 Å². The van der Waals surface area contributed by atoms with Crippen LogP contribution in [0.4, 0.5) is 0 Å². The Morgan fingerprint density at radius 2 is 1.66 bits per heavy atom. The van der Waals surface area contributed by atoms with E-state index in [4.69, 9.17) is 0 Å². The third kappa shape index (κ3) is 6.00. The van der Waals surface area contributed by atoms with Gasteiger partial charge in [-0.05, 0) is 6.42 Å². The lowest BCUT2D eigenvalue weighted by Crippen LogP contribution is -2.29. The van der Waals surface area contributed by atoms with Crippen molar-refractivity contribution in [3.63, 3.8) is 0 Å². The molecule has 0 fully saturated rings. The Kier molecular flexibility index (Phi) is 8.90. The lowest BCUT2D eigenvalue weighted by atomic mass is 10.1. The normalized spacial score (nSPS) is 11.3. The summed E-state index contributed by atoms with van der Waals surface area (Å²) in [6.07, 6.45) is 9.49. The number of aryl methyl sites for hydroxylation is 2. The van der Waals surface area contributed by atoms with Crippen LogP contribution in [0.2, 0.25) is 0 Å². The maximum atomic E-state index is 12.6. The molecule has 0 unspecified atom stereocenters. The zero-order chi connectivity index (χ0) is 22.9. The fourth-order valence-electron chi connectivity index (χ4n) is 3.77. The molecule has 172 valence electrons. The number of imidazole rings is 1. The van der Waals surface area contributed by atoms with Gasteiger partial charge in [0, 0.05) is 19.2 Å². The van der Waals surface area contributed by atoms with Gasteiger partial charge >= 0.3 is 5.69 Å². The van der Waals surface area contributed by atoms with Gasteiger partial charge in [0.15, 0.2) is 22.1 Å². The molecule has 2 heterocycles. The number of ketones is 1. The second-order valence-corrected chi connectivity index (χ2v) is 9.03. The first kappa shape index (κ1) is 24.0. The number of nitrogens with zero attached hydrogens (tertiary/aromatic N) is 3. The number of H-pyrrole nitrogens is 1. The van der Waals surface area contributed by atoms with Crippen LogP contribution in [0.5, 0.6) is 0 Å². The van der Waals surface area contributed by atoms with Crippen LogP contribution in [0.3, 0.4) is 0 Å². The maximum absolute atomic E-state index is 12.6. The number of rotatable bonds is 13. The molecule has 0 bridgehead atoms. The number of aromatic amines is 1. The quantitative estimate of drug-likeness (QED) is 0.232. The first-order chi connectivity index (χ1) is 15.5. The zero-order valence-corrected chi connectivity index (χ0v) is 19.7. The molecule has 1 aromatic carbocycles. The van der Waals surface area contributed by atoms with Gasteiger partial charge in [-0.2, -0.15) is 0 Å². The largest absolute Gasteiger partial charge is 0.329 e. The second kappa shape index (κ2) is 11.9. The first-order valence-electron chi connectivity index (χ1n) is 11.4. The average molecular weight is 457 g/mol. The third-order valence-electron chi connectivity index (χ3n) is 5.64. The number of carbonyl (C=O) groups is 1. The molecule has 0 saturated heterocycles. The van der Waals surface area contributed by atoms with Gasteiger partial charge in [0.25, 0.3) is 5.56 Å². The minimum Gasteiger partial charge on any atom is -0.313 e. The number of hydrogen-bond donors (Lipinski definition) is 1. The van der Waals surface area contributed by atoms with Gasteiger partial charge in [-0.15, -0.1) is 0 Å². The van der Waals surface area contributed by atoms with Crippen LogP contribution in [-0.4, -0.2) is 30.6 Å². The van der Waals surface area contributed by atoms with Crippen molar-refractivity contribution in [1.82, 2.24) is 19.1 Å². The average Bonchev–Trinajstić information content (AvgIpc) is 3.17. The second-order valence-electron chi connectivity index (χ2n) is 8.09. The molecule has 0 spiro atoms. The molecule has 2 aromatic heterocycles. The molecule has 0 atom stereocenters. The number of Topliss-reactive ketones (excluding diaryl/α,β-unsaturated/α-hetero) is 1. The first-order valence-corrected chi connectivity index (χ1v) is 12.4. The standard InChI is InChI=1S/C24H32N4O3S/c1-3-4-5-6-7-8-9-13-16-28-20-21(27(2)23(31)26-22(20)30)25-24(28)32-17-19(29)18-14-11-10-12-15-18/h10-12,14-15H,3-9,13,16-17H2,1-2H3,(H,26,30,31). The van der Waals surface area contributed by atoms with Crippen molar-refractivity contribution < 1.29 is 4.79 Å². The molecular formula is C24H32N4O3S. The highest BCUT2D eigenvalue weighted by atomic mass is 32.2. The molecule has 7 nitrogen and oxygen atoms in total. The number of carbonyl (C=O) groups excluding carboxylic acids is 1. The highest BCUT2D eigenvalue weighted by molar-refractivity contribution is 7.99. The number of hydrogen-bond acceptors (Lipinski definition) is 5. The van der Waals surface area contributed by atoms with Gasteiger partial charge in [0.05, 0.1) is 5.75 Å². The highest BCUT2D eigenvalue weighted by Crippen LogP contribution is 2.23. The summed E-state index contributed by atoms with van der Waals surface area (Å²) in [5.41, 5.74) is 0.473. The molecule has 1 N–H and O–H groups in total. The Balaban J connectivity index is 1.73. The summed E-state index contributed by atoms with van der Waals surface area (Å²) in [6.45, 7) is 2.85. The number of unbranched alkanes of at least 4 members (excludes halogenated alkanes) is 7. The lowest BCUT2D eigenvalue weighted by Gasteiger charge is -2.08. The van der Waals surface area contributed by atoms with Crippen molar-refractivity contribution in [2.24, 2.45) is 7.05 Å². The van der Waals surface area contributed by atoms with Crippen molar-refractivity contribution in [2.75, 3.05) is 5.75 Å². The van der Waals surface area contributed by atoms with Gasteiger partial charge in [-0.1, -0.05) is 94.0 Å². The summed E-state index contributed by atoms with van der Waals surface area (Å²) in [7, 11) is 1.60. The van der Waals surface area contributed by atoms with E-state index in [9.17, 15) is 14.4 Å². The number of nitrogens with one attached hydrogen (secondary N) is 1. The Morgan fingerprint density at radius 3 is 2.34 bits per heavy atom. The Bertz CT molecular complexity index is 1150. The fraction of sp³-hybridized carbons (Fsp3) is 0.500. The molecule has 3 aromatic rings. The van der Waals surface area contributed by atoms with E-state index in [0.717, 1.165) is 12.8 Å². The van der Waals surface area contributed by atoms with Crippen molar-refractivity contribution in [3.05, 3.63) is 56.7 Å². The summed E-state index contributed by atoms with van der Waals surface area (Å²) in [5.74, 6) is 0.223. The number of thioether (sulfide) groups is 1. The van der Waals surface area contributed by atoms with Gasteiger partial charge in [0.2, 0.25) is 0 Å². The topological polar surface area (TPSA) is 89.8 Å². The molecular weight excluding hydrogens is 424 g/mol. The minimum absolute atomic E-state index is 0.00378. The highest BCUT2D eigenvalue weighted by Gasteiger charge is 2.18. The molecule has 0 amide bonds. The van der Waals surface area contributed by atoms with Gasteiger partial charge in [-0.25, -0.2) is 9.78 Å². The Morgan fingerprint density at radius 1 is 1.00 bits per heavy atom. The van der Waals surface area contributed by atoms with Crippen LogP contribution in [-0.2, 0) is 13.6 Å². The van der Waals surface area contributed by atoms with Crippen molar-refractivity contribution in [1.29, 1.82) is 0 Å². The van der Waals surface area contributed by atoms with Crippen LogP contribution in [0.1, 0.15) is 68.6 Å². The van der Waals surface area contributed by atoms with Crippen LogP contribution >= 0.6 is 11.8 Å².